The minimum Gasteiger partial charge on any atom is -0.395 e. The normalized spacial score (nSPS) is 9.59. The number of amides is 1. The number of nitrogens with zero attached hydrogens (tertiary/aromatic N) is 1. The molecule has 4 heteroatoms. The minimum atomic E-state index is 0.0233. The van der Waals surface area contributed by atoms with Crippen molar-refractivity contribution in [2.75, 3.05) is 20.2 Å². The zero-order valence-electron chi connectivity index (χ0n) is 10.2. The van der Waals surface area contributed by atoms with E-state index in [9.17, 15) is 4.79 Å². The van der Waals surface area contributed by atoms with E-state index in [4.69, 9.17) is 5.11 Å². The third-order valence-corrected chi connectivity index (χ3v) is 3.13. The fraction of sp³-hybridized carbons (Fsp3) is 0.462. The van der Waals surface area contributed by atoms with Crippen LogP contribution >= 0.6 is 11.3 Å². The Balaban J connectivity index is 2.82. The number of carbonyl (C=O) groups is 1. The summed E-state index contributed by atoms with van der Waals surface area (Å²) < 4.78 is 0. The summed E-state index contributed by atoms with van der Waals surface area (Å²) in [6.07, 6.45) is 1.38. The molecule has 17 heavy (non-hydrogen) atoms. The molecule has 1 N–H and O–H groups in total. The third-order valence-electron chi connectivity index (χ3n) is 2.23. The first-order valence-electron chi connectivity index (χ1n) is 5.63. The summed E-state index contributed by atoms with van der Waals surface area (Å²) in [6, 6.07) is 1.85. The van der Waals surface area contributed by atoms with E-state index in [1.165, 1.54) is 11.3 Å². The molecule has 3 nitrogen and oxygen atoms in total. The summed E-state index contributed by atoms with van der Waals surface area (Å²) in [7, 11) is 1.80. The van der Waals surface area contributed by atoms with Crippen molar-refractivity contribution in [3.63, 3.8) is 0 Å². The van der Waals surface area contributed by atoms with Crippen LogP contribution in [0.1, 0.15) is 35.0 Å². The first-order chi connectivity index (χ1) is 8.20. The topological polar surface area (TPSA) is 40.5 Å². The van der Waals surface area contributed by atoms with Crippen molar-refractivity contribution in [2.45, 2.75) is 19.8 Å². The molecule has 0 atom stereocenters. The Hall–Kier alpha value is -1.31. The average Bonchev–Trinajstić information content (AvgIpc) is 2.77. The van der Waals surface area contributed by atoms with E-state index < -0.39 is 0 Å². The highest BCUT2D eigenvalue weighted by molar-refractivity contribution is 7.12. The van der Waals surface area contributed by atoms with E-state index in [0.29, 0.717) is 11.3 Å². The molecule has 0 radical (unpaired) electrons. The van der Waals surface area contributed by atoms with Gasteiger partial charge in [-0.15, -0.1) is 11.3 Å². The van der Waals surface area contributed by atoms with Crippen LogP contribution in [-0.4, -0.2) is 36.1 Å². The second kappa shape index (κ2) is 7.10. The third kappa shape index (κ3) is 3.88. The van der Waals surface area contributed by atoms with Crippen molar-refractivity contribution in [3.8, 4) is 11.8 Å². The smallest absolute Gasteiger partial charge is 0.264 e. The highest BCUT2D eigenvalue weighted by Gasteiger charge is 2.15. The molecule has 0 fully saturated rings. The van der Waals surface area contributed by atoms with Crippen molar-refractivity contribution in [3.05, 3.63) is 21.9 Å². The molecule has 1 rings (SSSR count). The fourth-order valence-electron chi connectivity index (χ4n) is 1.40. The number of rotatable bonds is 4. The lowest BCUT2D eigenvalue weighted by atomic mass is 10.2. The molecule has 1 aromatic heterocycles. The van der Waals surface area contributed by atoms with Gasteiger partial charge in [-0.05, 0) is 17.9 Å². The van der Waals surface area contributed by atoms with E-state index in [1.807, 2.05) is 18.4 Å². The summed E-state index contributed by atoms with van der Waals surface area (Å²) in [5.74, 6) is 5.79. The van der Waals surface area contributed by atoms with Gasteiger partial charge in [-0.1, -0.05) is 18.8 Å². The molecular formula is C13H17NO2S. The van der Waals surface area contributed by atoms with Crippen molar-refractivity contribution in [1.29, 1.82) is 0 Å². The highest BCUT2D eigenvalue weighted by atomic mass is 32.1. The molecule has 0 unspecified atom stereocenters. The minimum absolute atomic E-state index is 0.0233. The van der Waals surface area contributed by atoms with Gasteiger partial charge in [0.1, 0.15) is 4.88 Å². The maximum Gasteiger partial charge on any atom is 0.264 e. The lowest BCUT2D eigenvalue weighted by Crippen LogP contribution is -2.27. The molecule has 0 saturated heterocycles. The number of hydrogen-bond donors (Lipinski definition) is 1. The van der Waals surface area contributed by atoms with Gasteiger partial charge in [0.15, 0.2) is 0 Å². The Bertz CT molecular complexity index is 428. The molecule has 0 saturated carbocycles. The van der Waals surface area contributed by atoms with Crippen LogP contribution in [0.25, 0.3) is 0 Å². The molecule has 0 aliphatic carbocycles. The Morgan fingerprint density at radius 2 is 2.35 bits per heavy atom. The van der Waals surface area contributed by atoms with Crippen LogP contribution in [0.2, 0.25) is 0 Å². The molecule has 0 aliphatic heterocycles. The predicted octanol–water partition coefficient (Wildman–Crippen LogP) is 1.96. The summed E-state index contributed by atoms with van der Waals surface area (Å²) in [5, 5.41) is 10.5. The first-order valence-corrected chi connectivity index (χ1v) is 6.51. The van der Waals surface area contributed by atoms with Gasteiger partial charge in [0.2, 0.25) is 0 Å². The van der Waals surface area contributed by atoms with Crippen LogP contribution in [0, 0.1) is 11.8 Å². The monoisotopic (exact) mass is 251 g/mol. The molecule has 0 aliphatic rings. The lowest BCUT2D eigenvalue weighted by molar-refractivity contribution is 0.0799. The number of carbonyl (C=O) groups excluding carboxylic acids is 1. The van der Waals surface area contributed by atoms with Crippen molar-refractivity contribution in [2.24, 2.45) is 0 Å². The largest absolute Gasteiger partial charge is 0.395 e. The standard InChI is InChI=1S/C13H17NO2S/c1-3-8-14(2)13(16)12-11(7-10-17-12)6-4-5-9-15/h7,10,15H,3,5,8-9H2,1-2H3. The molecule has 1 aromatic rings. The summed E-state index contributed by atoms with van der Waals surface area (Å²) in [4.78, 5) is 14.5. The molecule has 0 spiro atoms. The lowest BCUT2D eigenvalue weighted by Gasteiger charge is -2.14. The molecule has 0 bridgehead atoms. The fourth-order valence-corrected chi connectivity index (χ4v) is 2.24. The zero-order valence-corrected chi connectivity index (χ0v) is 11.0. The van der Waals surface area contributed by atoms with Crippen molar-refractivity contribution >= 4 is 17.2 Å². The Labute approximate surface area is 106 Å². The Morgan fingerprint density at radius 3 is 3.00 bits per heavy atom. The van der Waals surface area contributed by atoms with Crippen LogP contribution in [0.3, 0.4) is 0 Å². The Kier molecular flexibility index (Phi) is 5.75. The van der Waals surface area contributed by atoms with Gasteiger partial charge in [-0.2, -0.15) is 0 Å². The number of thiophene rings is 1. The second-order valence-electron chi connectivity index (χ2n) is 3.67. The Morgan fingerprint density at radius 1 is 1.59 bits per heavy atom. The summed E-state index contributed by atoms with van der Waals surface area (Å²) in [6.45, 7) is 2.84. The maximum atomic E-state index is 12.1. The molecule has 0 aromatic carbocycles. The van der Waals surface area contributed by atoms with Gasteiger partial charge in [0.25, 0.3) is 5.91 Å². The summed E-state index contributed by atoms with van der Waals surface area (Å²) >= 11 is 1.41. The van der Waals surface area contributed by atoms with E-state index in [-0.39, 0.29) is 12.5 Å². The van der Waals surface area contributed by atoms with Gasteiger partial charge < -0.3 is 10.0 Å². The number of hydrogen-bond acceptors (Lipinski definition) is 3. The number of aliphatic hydroxyl groups is 1. The highest BCUT2D eigenvalue weighted by Crippen LogP contribution is 2.17. The van der Waals surface area contributed by atoms with Crippen LogP contribution in [0.4, 0.5) is 0 Å². The summed E-state index contributed by atoms with van der Waals surface area (Å²) in [5.41, 5.74) is 0.761. The molecule has 1 heterocycles. The molecular weight excluding hydrogens is 234 g/mol. The van der Waals surface area contributed by atoms with E-state index in [0.717, 1.165) is 18.5 Å². The number of aliphatic hydroxyl groups excluding tert-OH is 1. The van der Waals surface area contributed by atoms with Crippen molar-refractivity contribution in [1.82, 2.24) is 4.90 Å². The van der Waals surface area contributed by atoms with Gasteiger partial charge in [-0.3, -0.25) is 4.79 Å². The van der Waals surface area contributed by atoms with Crippen LogP contribution in [0.15, 0.2) is 11.4 Å². The van der Waals surface area contributed by atoms with E-state index in [2.05, 4.69) is 11.8 Å². The van der Waals surface area contributed by atoms with Gasteiger partial charge in [0, 0.05) is 25.6 Å². The average molecular weight is 251 g/mol. The van der Waals surface area contributed by atoms with Crippen LogP contribution in [0.5, 0.6) is 0 Å². The van der Waals surface area contributed by atoms with Crippen molar-refractivity contribution < 1.29 is 9.90 Å². The molecule has 92 valence electrons. The van der Waals surface area contributed by atoms with Crippen LogP contribution in [-0.2, 0) is 0 Å². The quantitative estimate of drug-likeness (QED) is 0.831. The molecule has 1 amide bonds. The first kappa shape index (κ1) is 13.8. The van der Waals surface area contributed by atoms with E-state index >= 15 is 0 Å². The van der Waals surface area contributed by atoms with Crippen LogP contribution < -0.4 is 0 Å². The van der Waals surface area contributed by atoms with E-state index in [1.54, 1.807) is 11.9 Å². The zero-order chi connectivity index (χ0) is 12.7. The van der Waals surface area contributed by atoms with Gasteiger partial charge in [-0.25, -0.2) is 0 Å². The second-order valence-corrected chi connectivity index (χ2v) is 4.58. The van der Waals surface area contributed by atoms with Gasteiger partial charge >= 0.3 is 0 Å². The SMILES string of the molecule is CCCN(C)C(=O)c1sccc1C#CCCO. The maximum absolute atomic E-state index is 12.1. The predicted molar refractivity (Wildman–Crippen MR) is 70.2 cm³/mol. The van der Waals surface area contributed by atoms with Gasteiger partial charge in [0.05, 0.1) is 6.61 Å².